The number of aromatic nitrogens is 2. The van der Waals surface area contributed by atoms with Crippen molar-refractivity contribution >= 4 is 11.7 Å². The molecule has 4 rings (SSSR count). The van der Waals surface area contributed by atoms with Crippen molar-refractivity contribution in [1.29, 1.82) is 0 Å². The average molecular weight is 391 g/mol. The van der Waals surface area contributed by atoms with Gasteiger partial charge >= 0.3 is 6.03 Å². The minimum Gasteiger partial charge on any atom is -0.496 e. The van der Waals surface area contributed by atoms with Crippen LogP contribution in [-0.4, -0.2) is 58.9 Å². The van der Waals surface area contributed by atoms with E-state index >= 15 is 0 Å². The SMILES string of the molecule is COc1cc(-c2ccccc2)ccc1CN1CCN(C(=O)n2cc(N)cn2)CC1. The molecule has 1 amide bonds. The number of anilines is 1. The van der Waals surface area contributed by atoms with Crippen LogP contribution in [0.3, 0.4) is 0 Å². The number of carbonyl (C=O) groups is 1. The fraction of sp³-hybridized carbons (Fsp3) is 0.273. The summed E-state index contributed by atoms with van der Waals surface area (Å²) in [5, 5.41) is 4.00. The van der Waals surface area contributed by atoms with E-state index in [4.69, 9.17) is 10.5 Å². The average Bonchev–Trinajstić information content (AvgIpc) is 3.21. The van der Waals surface area contributed by atoms with Gasteiger partial charge in [0.05, 0.1) is 25.2 Å². The highest BCUT2D eigenvalue weighted by Gasteiger charge is 2.23. The topological polar surface area (TPSA) is 76.6 Å². The van der Waals surface area contributed by atoms with Gasteiger partial charge in [-0.2, -0.15) is 9.78 Å². The molecule has 0 aliphatic carbocycles. The number of nitrogens with two attached hydrogens (primary N) is 1. The molecule has 2 aromatic carbocycles. The third kappa shape index (κ3) is 4.25. The Hall–Kier alpha value is -3.32. The number of benzene rings is 2. The Bertz CT molecular complexity index is 978. The van der Waals surface area contributed by atoms with E-state index in [2.05, 4.69) is 40.3 Å². The van der Waals surface area contributed by atoms with E-state index in [1.165, 1.54) is 16.4 Å². The van der Waals surface area contributed by atoms with Crippen LogP contribution in [-0.2, 0) is 6.54 Å². The van der Waals surface area contributed by atoms with Gasteiger partial charge in [0.25, 0.3) is 0 Å². The normalized spacial score (nSPS) is 14.7. The van der Waals surface area contributed by atoms with Gasteiger partial charge in [-0.3, -0.25) is 4.90 Å². The summed E-state index contributed by atoms with van der Waals surface area (Å²) in [7, 11) is 1.71. The molecule has 1 aliphatic rings. The first-order valence-electron chi connectivity index (χ1n) is 9.68. The lowest BCUT2D eigenvalue weighted by molar-refractivity contribution is 0.134. The molecule has 1 saturated heterocycles. The highest BCUT2D eigenvalue weighted by Crippen LogP contribution is 2.28. The van der Waals surface area contributed by atoms with Crippen LogP contribution in [0.25, 0.3) is 11.1 Å². The maximum atomic E-state index is 12.5. The second-order valence-electron chi connectivity index (χ2n) is 7.16. The van der Waals surface area contributed by atoms with Crippen LogP contribution >= 0.6 is 0 Å². The van der Waals surface area contributed by atoms with E-state index in [-0.39, 0.29) is 6.03 Å². The zero-order valence-electron chi connectivity index (χ0n) is 16.5. The quantitative estimate of drug-likeness (QED) is 0.740. The van der Waals surface area contributed by atoms with Crippen LogP contribution in [0.2, 0.25) is 0 Å². The minimum atomic E-state index is -0.133. The number of rotatable bonds is 4. The number of methoxy groups -OCH3 is 1. The lowest BCUT2D eigenvalue weighted by Crippen LogP contribution is -2.49. The van der Waals surface area contributed by atoms with Crippen LogP contribution in [0.15, 0.2) is 60.9 Å². The second kappa shape index (κ2) is 8.36. The lowest BCUT2D eigenvalue weighted by atomic mass is 10.0. The number of nitrogen functional groups attached to an aromatic ring is 1. The Kier molecular flexibility index (Phi) is 5.48. The van der Waals surface area contributed by atoms with Crippen molar-refractivity contribution in [2.45, 2.75) is 6.54 Å². The predicted molar refractivity (Wildman–Crippen MR) is 113 cm³/mol. The van der Waals surface area contributed by atoms with E-state index < -0.39 is 0 Å². The summed E-state index contributed by atoms with van der Waals surface area (Å²) in [5.41, 5.74) is 9.60. The van der Waals surface area contributed by atoms with Gasteiger partial charge in [-0.15, -0.1) is 0 Å². The Morgan fingerprint density at radius 2 is 1.83 bits per heavy atom. The van der Waals surface area contributed by atoms with Crippen molar-refractivity contribution in [3.05, 3.63) is 66.5 Å². The van der Waals surface area contributed by atoms with Gasteiger partial charge in [0.2, 0.25) is 0 Å². The number of hydrogen-bond acceptors (Lipinski definition) is 5. The van der Waals surface area contributed by atoms with Gasteiger partial charge in [-0.25, -0.2) is 4.79 Å². The third-order valence-corrected chi connectivity index (χ3v) is 5.23. The summed E-state index contributed by atoms with van der Waals surface area (Å²) >= 11 is 0. The number of piperazine rings is 1. The van der Waals surface area contributed by atoms with Crippen molar-refractivity contribution in [2.75, 3.05) is 39.0 Å². The number of ether oxygens (including phenoxy) is 1. The summed E-state index contributed by atoms with van der Waals surface area (Å²) in [4.78, 5) is 16.6. The maximum Gasteiger partial charge on any atom is 0.344 e. The number of carbonyl (C=O) groups excluding carboxylic acids is 1. The summed E-state index contributed by atoms with van der Waals surface area (Å²) in [6, 6.07) is 16.5. The maximum absolute atomic E-state index is 12.5. The van der Waals surface area contributed by atoms with Gasteiger partial charge in [0.15, 0.2) is 0 Å². The number of amides is 1. The van der Waals surface area contributed by atoms with E-state index in [0.717, 1.165) is 36.5 Å². The molecule has 0 unspecified atom stereocenters. The highest BCUT2D eigenvalue weighted by atomic mass is 16.5. The standard InChI is InChI=1S/C22H25N5O2/c1-29-21-13-18(17-5-3-2-4-6-17)7-8-19(21)15-25-9-11-26(12-10-25)22(28)27-16-20(23)14-24-27/h2-8,13-14,16H,9-12,15,23H2,1H3. The Balaban J connectivity index is 1.39. The summed E-state index contributed by atoms with van der Waals surface area (Å²) in [5.74, 6) is 0.886. The van der Waals surface area contributed by atoms with E-state index in [1.54, 1.807) is 18.2 Å². The molecular weight excluding hydrogens is 366 g/mol. The highest BCUT2D eigenvalue weighted by molar-refractivity contribution is 5.76. The van der Waals surface area contributed by atoms with Crippen LogP contribution < -0.4 is 10.5 Å². The van der Waals surface area contributed by atoms with Crippen LogP contribution in [0, 0.1) is 0 Å². The van der Waals surface area contributed by atoms with Crippen molar-refractivity contribution < 1.29 is 9.53 Å². The van der Waals surface area contributed by atoms with Gasteiger partial charge in [0.1, 0.15) is 5.75 Å². The molecule has 0 radical (unpaired) electrons. The van der Waals surface area contributed by atoms with E-state index in [1.807, 2.05) is 18.2 Å². The number of hydrogen-bond donors (Lipinski definition) is 1. The van der Waals surface area contributed by atoms with Crippen molar-refractivity contribution in [2.24, 2.45) is 0 Å². The molecule has 3 aromatic rings. The molecule has 0 bridgehead atoms. The molecular formula is C22H25N5O2. The Morgan fingerprint density at radius 1 is 1.07 bits per heavy atom. The molecule has 0 atom stereocenters. The number of nitrogens with zero attached hydrogens (tertiary/aromatic N) is 4. The summed E-state index contributed by atoms with van der Waals surface area (Å²) in [6.07, 6.45) is 3.04. The first-order valence-corrected chi connectivity index (χ1v) is 9.68. The van der Waals surface area contributed by atoms with Gasteiger partial charge < -0.3 is 15.4 Å². The fourth-order valence-corrected chi connectivity index (χ4v) is 3.61. The first kappa shape index (κ1) is 19.0. The molecule has 7 heteroatoms. The van der Waals surface area contributed by atoms with Crippen LogP contribution in [0.5, 0.6) is 5.75 Å². The van der Waals surface area contributed by atoms with E-state index in [9.17, 15) is 4.79 Å². The molecule has 2 N–H and O–H groups in total. The zero-order chi connectivity index (χ0) is 20.2. The first-order chi connectivity index (χ1) is 14.1. The molecule has 1 aromatic heterocycles. The lowest BCUT2D eigenvalue weighted by Gasteiger charge is -2.34. The Labute approximate surface area is 170 Å². The molecule has 2 heterocycles. The molecule has 0 spiro atoms. The third-order valence-electron chi connectivity index (χ3n) is 5.23. The van der Waals surface area contributed by atoms with Crippen molar-refractivity contribution in [3.8, 4) is 16.9 Å². The van der Waals surface area contributed by atoms with Gasteiger partial charge in [0, 0.05) is 38.3 Å². The smallest absolute Gasteiger partial charge is 0.344 e. The molecule has 1 fully saturated rings. The van der Waals surface area contributed by atoms with Crippen molar-refractivity contribution in [3.63, 3.8) is 0 Å². The molecule has 150 valence electrons. The second-order valence-corrected chi connectivity index (χ2v) is 7.16. The monoisotopic (exact) mass is 391 g/mol. The van der Waals surface area contributed by atoms with Gasteiger partial charge in [-0.05, 0) is 17.2 Å². The minimum absolute atomic E-state index is 0.133. The summed E-state index contributed by atoms with van der Waals surface area (Å²) < 4.78 is 6.96. The molecule has 1 aliphatic heterocycles. The fourth-order valence-electron chi connectivity index (χ4n) is 3.61. The molecule has 0 saturated carbocycles. The van der Waals surface area contributed by atoms with E-state index in [0.29, 0.717) is 18.8 Å². The summed E-state index contributed by atoms with van der Waals surface area (Å²) in [6.45, 7) is 3.69. The molecule has 7 nitrogen and oxygen atoms in total. The largest absolute Gasteiger partial charge is 0.496 e. The van der Waals surface area contributed by atoms with Crippen LogP contribution in [0.1, 0.15) is 5.56 Å². The van der Waals surface area contributed by atoms with Crippen molar-refractivity contribution in [1.82, 2.24) is 19.6 Å². The predicted octanol–water partition coefficient (Wildman–Crippen LogP) is 2.93. The molecule has 29 heavy (non-hydrogen) atoms. The van der Waals surface area contributed by atoms with Crippen LogP contribution in [0.4, 0.5) is 10.5 Å². The Morgan fingerprint density at radius 3 is 2.48 bits per heavy atom. The van der Waals surface area contributed by atoms with Gasteiger partial charge in [-0.1, -0.05) is 42.5 Å². The zero-order valence-corrected chi connectivity index (χ0v) is 16.5.